The number of nitrogens with one attached hydrogen (secondary N) is 1. The summed E-state index contributed by atoms with van der Waals surface area (Å²) in [7, 11) is 0. The van der Waals surface area contributed by atoms with Crippen molar-refractivity contribution in [1.82, 2.24) is 5.32 Å². The quantitative estimate of drug-likeness (QED) is 0.235. The Labute approximate surface area is 186 Å². The molecule has 0 aliphatic rings. The third-order valence-corrected chi connectivity index (χ3v) is 4.00. The molecule has 0 aliphatic heterocycles. The molecule has 10 nitrogen and oxygen atoms in total. The normalized spacial score (nSPS) is 13.3. The Morgan fingerprint density at radius 3 is 1.88 bits per heavy atom. The van der Waals surface area contributed by atoms with Crippen molar-refractivity contribution in [2.45, 2.75) is 59.4 Å². The molecule has 0 aromatic heterocycles. The van der Waals surface area contributed by atoms with Gasteiger partial charge in [0.1, 0.15) is 26.4 Å². The van der Waals surface area contributed by atoms with Gasteiger partial charge >= 0.3 is 24.0 Å². The lowest BCUT2D eigenvalue weighted by molar-refractivity contribution is -0.162. The number of hydrogen-bond donors (Lipinski definition) is 2. The van der Waals surface area contributed by atoms with Gasteiger partial charge in [-0.15, -0.1) is 0 Å². The summed E-state index contributed by atoms with van der Waals surface area (Å²) in [5.74, 6) is -2.67. The maximum absolute atomic E-state index is 13.4. The van der Waals surface area contributed by atoms with Gasteiger partial charge in [0.2, 0.25) is 0 Å². The number of ether oxygens (including phenoxy) is 4. The zero-order valence-electron chi connectivity index (χ0n) is 19.2. The van der Waals surface area contributed by atoms with E-state index in [9.17, 15) is 28.0 Å². The fraction of sp³-hybridized carbons (Fsp3) is 0.800. The Bertz CT molecular complexity index is 638. The summed E-state index contributed by atoms with van der Waals surface area (Å²) < 4.78 is 45.9. The van der Waals surface area contributed by atoms with Crippen molar-refractivity contribution in [3.05, 3.63) is 0 Å². The van der Waals surface area contributed by atoms with E-state index in [1.807, 2.05) is 0 Å². The van der Waals surface area contributed by atoms with E-state index >= 15 is 0 Å². The monoisotopic (exact) mass is 468 g/mol. The van der Waals surface area contributed by atoms with Gasteiger partial charge in [0.25, 0.3) is 6.43 Å². The standard InChI is InChI=1S/C20H34F2N2O8/c1-13(2)14(25)29-9-10-31-17(27)20(23,15(21)22)7-6-8-24-18(28)32-12-11-30-16(26)19(3,4)5/h13,15H,6-12,23H2,1-5H3,(H,24,28). The Balaban J connectivity index is 4.24. The predicted octanol–water partition coefficient (Wildman–Crippen LogP) is 1.79. The van der Waals surface area contributed by atoms with Gasteiger partial charge in [-0.05, 0) is 33.6 Å². The van der Waals surface area contributed by atoms with Crippen LogP contribution in [0.1, 0.15) is 47.5 Å². The maximum atomic E-state index is 13.4. The molecule has 3 N–H and O–H groups in total. The van der Waals surface area contributed by atoms with Crippen molar-refractivity contribution in [2.75, 3.05) is 33.0 Å². The van der Waals surface area contributed by atoms with E-state index in [2.05, 4.69) is 5.32 Å². The van der Waals surface area contributed by atoms with Crippen LogP contribution in [-0.2, 0) is 33.3 Å². The van der Waals surface area contributed by atoms with Crippen LogP contribution in [0.5, 0.6) is 0 Å². The van der Waals surface area contributed by atoms with E-state index in [0.29, 0.717) is 0 Å². The molecule has 0 heterocycles. The van der Waals surface area contributed by atoms with Crippen molar-refractivity contribution in [1.29, 1.82) is 0 Å². The number of rotatable bonds is 13. The van der Waals surface area contributed by atoms with Gasteiger partial charge in [-0.2, -0.15) is 0 Å². The molecule has 0 aromatic carbocycles. The predicted molar refractivity (Wildman–Crippen MR) is 109 cm³/mol. The lowest BCUT2D eigenvalue weighted by Gasteiger charge is -2.26. The van der Waals surface area contributed by atoms with Gasteiger partial charge in [0.15, 0.2) is 5.54 Å². The zero-order chi connectivity index (χ0) is 24.9. The summed E-state index contributed by atoms with van der Waals surface area (Å²) in [5, 5.41) is 2.32. The second-order valence-corrected chi connectivity index (χ2v) is 8.35. The van der Waals surface area contributed by atoms with E-state index in [0.717, 1.165) is 0 Å². The van der Waals surface area contributed by atoms with E-state index in [1.165, 1.54) is 0 Å². The molecular weight excluding hydrogens is 434 g/mol. The van der Waals surface area contributed by atoms with Gasteiger partial charge in [0.05, 0.1) is 11.3 Å². The highest BCUT2D eigenvalue weighted by atomic mass is 19.3. The summed E-state index contributed by atoms with van der Waals surface area (Å²) in [5.41, 5.74) is 2.27. The lowest BCUT2D eigenvalue weighted by atomic mass is 9.95. The van der Waals surface area contributed by atoms with E-state index in [-0.39, 0.29) is 38.7 Å². The van der Waals surface area contributed by atoms with Crippen LogP contribution in [0.3, 0.4) is 0 Å². The second kappa shape index (κ2) is 13.8. The van der Waals surface area contributed by atoms with Crippen LogP contribution in [0.2, 0.25) is 0 Å². The lowest BCUT2D eigenvalue weighted by Crippen LogP contribution is -2.55. The van der Waals surface area contributed by atoms with Gasteiger partial charge in [0, 0.05) is 6.54 Å². The number of halogens is 2. The van der Waals surface area contributed by atoms with Crippen molar-refractivity contribution in [3.63, 3.8) is 0 Å². The summed E-state index contributed by atoms with van der Waals surface area (Å²) in [6.07, 6.45) is -4.59. The highest BCUT2D eigenvalue weighted by Gasteiger charge is 2.44. The SMILES string of the molecule is CC(C)C(=O)OCCOC(=O)C(N)(CCCNC(=O)OCCOC(=O)C(C)(C)C)C(F)F. The number of nitrogens with two attached hydrogens (primary N) is 1. The molecule has 12 heteroatoms. The Morgan fingerprint density at radius 2 is 1.38 bits per heavy atom. The number of esters is 3. The number of carbonyl (C=O) groups is 4. The Kier molecular flexibility index (Phi) is 12.7. The molecule has 0 saturated heterocycles. The maximum Gasteiger partial charge on any atom is 0.407 e. The van der Waals surface area contributed by atoms with Gasteiger partial charge < -0.3 is 30.0 Å². The molecule has 0 aliphatic carbocycles. The van der Waals surface area contributed by atoms with Crippen LogP contribution < -0.4 is 11.1 Å². The van der Waals surface area contributed by atoms with E-state index in [1.54, 1.807) is 34.6 Å². The van der Waals surface area contributed by atoms with Crippen LogP contribution in [0.25, 0.3) is 0 Å². The van der Waals surface area contributed by atoms with Crippen molar-refractivity contribution >= 4 is 24.0 Å². The molecule has 1 unspecified atom stereocenters. The molecule has 32 heavy (non-hydrogen) atoms. The Morgan fingerprint density at radius 1 is 0.875 bits per heavy atom. The molecule has 0 rings (SSSR count). The molecule has 0 radical (unpaired) electrons. The second-order valence-electron chi connectivity index (χ2n) is 8.35. The number of amides is 1. The van der Waals surface area contributed by atoms with E-state index < -0.39 is 54.4 Å². The number of alkyl halides is 2. The average molecular weight is 468 g/mol. The zero-order valence-corrected chi connectivity index (χ0v) is 19.2. The van der Waals surface area contributed by atoms with Crippen LogP contribution >= 0.6 is 0 Å². The summed E-state index contributed by atoms with van der Waals surface area (Å²) >= 11 is 0. The molecule has 0 bridgehead atoms. The molecule has 0 aromatic rings. The largest absolute Gasteiger partial charge is 0.462 e. The third kappa shape index (κ3) is 11.2. The highest BCUT2D eigenvalue weighted by Crippen LogP contribution is 2.21. The number of hydrogen-bond acceptors (Lipinski definition) is 9. The number of carbonyl (C=O) groups excluding carboxylic acids is 4. The van der Waals surface area contributed by atoms with E-state index in [4.69, 9.17) is 24.7 Å². The first kappa shape index (κ1) is 29.5. The topological polar surface area (TPSA) is 143 Å². The summed E-state index contributed by atoms with van der Waals surface area (Å²) in [6.45, 7) is 7.17. The summed E-state index contributed by atoms with van der Waals surface area (Å²) in [4.78, 5) is 46.4. The molecular formula is C20H34F2N2O8. The average Bonchev–Trinajstić information content (AvgIpc) is 2.69. The molecule has 1 amide bonds. The van der Waals surface area contributed by atoms with Crippen LogP contribution in [0.15, 0.2) is 0 Å². The molecule has 1 atom stereocenters. The van der Waals surface area contributed by atoms with Crippen LogP contribution in [0, 0.1) is 11.3 Å². The van der Waals surface area contributed by atoms with Crippen LogP contribution in [0.4, 0.5) is 13.6 Å². The smallest absolute Gasteiger partial charge is 0.407 e. The first-order chi connectivity index (χ1) is 14.7. The van der Waals surface area contributed by atoms with Gasteiger partial charge in [-0.25, -0.2) is 18.4 Å². The first-order valence-electron chi connectivity index (χ1n) is 10.2. The molecule has 0 fully saturated rings. The fourth-order valence-corrected chi connectivity index (χ4v) is 1.99. The molecule has 186 valence electrons. The van der Waals surface area contributed by atoms with Crippen LogP contribution in [-0.4, -0.2) is 68.9 Å². The minimum atomic E-state index is -3.21. The van der Waals surface area contributed by atoms with Crippen molar-refractivity contribution in [3.8, 4) is 0 Å². The van der Waals surface area contributed by atoms with Crippen molar-refractivity contribution < 1.29 is 46.9 Å². The molecule has 0 saturated carbocycles. The summed E-state index contributed by atoms with van der Waals surface area (Å²) in [6, 6.07) is 0. The third-order valence-electron chi connectivity index (χ3n) is 4.00. The molecule has 0 spiro atoms. The number of alkyl carbamates (subject to hydrolysis) is 1. The minimum Gasteiger partial charge on any atom is -0.462 e. The van der Waals surface area contributed by atoms with Crippen molar-refractivity contribution in [2.24, 2.45) is 17.1 Å². The van der Waals surface area contributed by atoms with Gasteiger partial charge in [-0.1, -0.05) is 13.8 Å². The Hall–Kier alpha value is -2.50. The highest BCUT2D eigenvalue weighted by molar-refractivity contribution is 5.81. The fourth-order valence-electron chi connectivity index (χ4n) is 1.99. The first-order valence-corrected chi connectivity index (χ1v) is 10.2. The van der Waals surface area contributed by atoms with Gasteiger partial charge in [-0.3, -0.25) is 9.59 Å². The minimum absolute atomic E-state index is 0.0631.